The molecule has 0 radical (unpaired) electrons. The average Bonchev–Trinajstić information content (AvgIpc) is 3.44. The van der Waals surface area contributed by atoms with Crippen LogP contribution in [0.1, 0.15) is 65.7 Å². The predicted molar refractivity (Wildman–Crippen MR) is 141 cm³/mol. The number of halogens is 3. The third kappa shape index (κ3) is 3.67. The highest BCUT2D eigenvalue weighted by Crippen LogP contribution is 2.51. The zero-order chi connectivity index (χ0) is 28.8. The first kappa shape index (κ1) is 25.5. The Hall–Kier alpha value is -4.43. The molecule has 4 heterocycles. The van der Waals surface area contributed by atoms with Gasteiger partial charge in [0.1, 0.15) is 22.8 Å². The number of fused-ring (bicyclic) bond motifs is 9. The summed E-state index contributed by atoms with van der Waals surface area (Å²) in [5, 5.41) is 19.9. The number of carbonyl (C=O) groups excluding carboxylic acids is 1. The zero-order valence-electron chi connectivity index (χ0n) is 22.1. The molecule has 2 aromatic heterocycles. The number of aliphatic hydroxyl groups is 1. The van der Waals surface area contributed by atoms with Crippen LogP contribution in [-0.2, 0) is 5.41 Å². The van der Waals surface area contributed by atoms with Crippen molar-refractivity contribution in [1.29, 1.82) is 5.26 Å². The summed E-state index contributed by atoms with van der Waals surface area (Å²) in [5.41, 5.74) is 0.941. The van der Waals surface area contributed by atoms with Gasteiger partial charge in [-0.3, -0.25) is 9.78 Å². The van der Waals surface area contributed by atoms with E-state index in [1.807, 2.05) is 10.6 Å². The lowest BCUT2D eigenvalue weighted by molar-refractivity contribution is -0.0579. The maximum Gasteiger partial charge on any atom is 0.387 e. The number of nitrogens with zero attached hydrogens (tertiary/aromatic N) is 5. The Labute approximate surface area is 232 Å². The van der Waals surface area contributed by atoms with Gasteiger partial charge in [0.2, 0.25) is 0 Å². The normalized spacial score (nSPS) is 26.4. The van der Waals surface area contributed by atoms with Crippen molar-refractivity contribution in [2.24, 2.45) is 0 Å². The summed E-state index contributed by atoms with van der Waals surface area (Å²) in [7, 11) is 1.67. The number of amides is 1. The fourth-order valence-corrected chi connectivity index (χ4v) is 6.95. The van der Waals surface area contributed by atoms with Gasteiger partial charge in [0, 0.05) is 49.2 Å². The molecule has 3 aliphatic rings. The predicted octanol–water partition coefficient (Wildman–Crippen LogP) is 5.26. The van der Waals surface area contributed by atoms with Crippen molar-refractivity contribution >= 4 is 16.9 Å². The third-order valence-electron chi connectivity index (χ3n) is 8.61. The fraction of sp³-hybridized carbons (Fsp3) is 0.333. The van der Waals surface area contributed by atoms with Crippen LogP contribution >= 0.6 is 0 Å². The van der Waals surface area contributed by atoms with Gasteiger partial charge in [-0.1, -0.05) is 12.1 Å². The van der Waals surface area contributed by atoms with Crippen LogP contribution in [0.15, 0.2) is 48.7 Å². The van der Waals surface area contributed by atoms with Crippen molar-refractivity contribution < 1.29 is 27.8 Å². The second-order valence-corrected chi connectivity index (χ2v) is 11.4. The lowest BCUT2D eigenvalue weighted by Gasteiger charge is -2.46. The number of benzene rings is 2. The van der Waals surface area contributed by atoms with E-state index in [2.05, 4.69) is 11.1 Å². The summed E-state index contributed by atoms with van der Waals surface area (Å²) in [6.45, 7) is -1.45. The quantitative estimate of drug-likeness (QED) is 0.366. The number of pyridine rings is 1. The minimum atomic E-state index is -3.06. The molecular weight excluding hydrogens is 535 g/mol. The van der Waals surface area contributed by atoms with E-state index in [9.17, 15) is 23.9 Å². The molecule has 2 aliphatic heterocycles. The van der Waals surface area contributed by atoms with Gasteiger partial charge in [-0.2, -0.15) is 14.0 Å². The van der Waals surface area contributed by atoms with Crippen LogP contribution in [0, 0.1) is 17.1 Å². The van der Waals surface area contributed by atoms with Crippen LogP contribution in [0.2, 0.25) is 0 Å². The first-order chi connectivity index (χ1) is 19.5. The van der Waals surface area contributed by atoms with E-state index in [1.165, 1.54) is 24.4 Å². The minimum Gasteiger partial charge on any atom is -0.434 e. The van der Waals surface area contributed by atoms with E-state index < -0.39 is 29.5 Å². The molecule has 208 valence electrons. The molecule has 1 N–H and O–H groups in total. The number of alkyl halides is 2. The smallest absolute Gasteiger partial charge is 0.387 e. The van der Waals surface area contributed by atoms with E-state index >= 15 is 4.39 Å². The van der Waals surface area contributed by atoms with Crippen LogP contribution in [0.5, 0.6) is 5.75 Å². The standard InChI is InChI=1S/C30H24F3N5O3/c1-29(40)12-30(13-29,14-34)25-18(31)8-16(11-35-25)15-6-7-19-20(9-15)38-21-10-22(26(38)36-19)37(2)27(39)17-4-3-5-23(24(17)21)41-28(32)33/h3-9,11,21-22,28,40H,10,12-13H2,1-2H3/t21-,22-,29?,30?/m1/s1. The van der Waals surface area contributed by atoms with Gasteiger partial charge in [0.15, 0.2) is 0 Å². The molecule has 2 atom stereocenters. The van der Waals surface area contributed by atoms with Crippen molar-refractivity contribution in [3.05, 3.63) is 77.1 Å². The Balaban J connectivity index is 1.34. The largest absolute Gasteiger partial charge is 0.434 e. The molecule has 2 bridgehead atoms. The van der Waals surface area contributed by atoms with Gasteiger partial charge in [-0.25, -0.2) is 9.37 Å². The van der Waals surface area contributed by atoms with Crippen LogP contribution in [0.25, 0.3) is 22.2 Å². The molecule has 41 heavy (non-hydrogen) atoms. The summed E-state index contributed by atoms with van der Waals surface area (Å²) < 4.78 is 48.9. The number of carbonyl (C=O) groups is 1. The zero-order valence-corrected chi connectivity index (χ0v) is 22.1. The molecule has 8 nitrogen and oxygen atoms in total. The lowest BCUT2D eigenvalue weighted by Crippen LogP contribution is -2.52. The first-order valence-corrected chi connectivity index (χ1v) is 13.2. The van der Waals surface area contributed by atoms with Gasteiger partial charge in [0.25, 0.3) is 5.91 Å². The Morgan fingerprint density at radius 1 is 1.17 bits per heavy atom. The van der Waals surface area contributed by atoms with Gasteiger partial charge >= 0.3 is 6.61 Å². The van der Waals surface area contributed by atoms with Crippen LogP contribution in [0.4, 0.5) is 13.2 Å². The second-order valence-electron chi connectivity index (χ2n) is 11.4. The number of imidazole rings is 1. The number of rotatable bonds is 4. The number of ether oxygens (including phenoxy) is 1. The monoisotopic (exact) mass is 559 g/mol. The third-order valence-corrected chi connectivity index (χ3v) is 8.61. The summed E-state index contributed by atoms with van der Waals surface area (Å²) in [5.74, 6) is -0.355. The molecular formula is C30H24F3N5O3. The van der Waals surface area contributed by atoms with Crippen molar-refractivity contribution in [2.75, 3.05) is 7.05 Å². The molecule has 0 unspecified atom stereocenters. The number of hydrogen-bond donors (Lipinski definition) is 1. The van der Waals surface area contributed by atoms with Crippen LogP contribution in [-0.4, -0.2) is 49.7 Å². The van der Waals surface area contributed by atoms with E-state index in [-0.39, 0.29) is 36.2 Å². The van der Waals surface area contributed by atoms with E-state index in [4.69, 9.17) is 9.72 Å². The topological polar surface area (TPSA) is 104 Å². The highest BCUT2D eigenvalue weighted by atomic mass is 19.3. The Bertz CT molecular complexity index is 1800. The average molecular weight is 560 g/mol. The maximum absolute atomic E-state index is 15.4. The molecule has 1 aliphatic carbocycles. The molecule has 7 rings (SSSR count). The van der Waals surface area contributed by atoms with Gasteiger partial charge < -0.3 is 19.3 Å². The summed E-state index contributed by atoms with van der Waals surface area (Å²) >= 11 is 0. The summed E-state index contributed by atoms with van der Waals surface area (Å²) in [6.07, 6.45) is 2.15. The van der Waals surface area contributed by atoms with Gasteiger partial charge in [-0.05, 0) is 42.8 Å². The summed E-state index contributed by atoms with van der Waals surface area (Å²) in [4.78, 5) is 24.0. The highest BCUT2D eigenvalue weighted by molar-refractivity contribution is 5.98. The molecule has 4 aromatic rings. The Kier molecular flexibility index (Phi) is 5.32. The number of hydrogen-bond acceptors (Lipinski definition) is 6. The molecule has 1 fully saturated rings. The SMILES string of the molecule is CN1C(=O)c2cccc(OC(F)F)c2[C@H]2C[C@@H]1c1nc3ccc(-c4cnc(C5(C#N)CC(C)(O)C5)c(F)c4)cc3n12. The van der Waals surface area contributed by atoms with Crippen LogP contribution in [0.3, 0.4) is 0 Å². The summed E-state index contributed by atoms with van der Waals surface area (Å²) in [6, 6.07) is 12.6. The second kappa shape index (κ2) is 8.54. The van der Waals surface area contributed by atoms with Crippen molar-refractivity contribution in [3.8, 4) is 22.9 Å². The number of nitriles is 1. The fourth-order valence-electron chi connectivity index (χ4n) is 6.95. The molecule has 11 heteroatoms. The first-order valence-electron chi connectivity index (χ1n) is 13.2. The number of aromatic nitrogens is 3. The van der Waals surface area contributed by atoms with Gasteiger partial charge in [-0.15, -0.1) is 0 Å². The lowest BCUT2D eigenvalue weighted by atomic mass is 9.59. The van der Waals surface area contributed by atoms with Crippen molar-refractivity contribution in [3.63, 3.8) is 0 Å². The Morgan fingerprint density at radius 3 is 2.63 bits per heavy atom. The van der Waals surface area contributed by atoms with Gasteiger partial charge in [0.05, 0.1) is 40.5 Å². The van der Waals surface area contributed by atoms with E-state index in [0.717, 1.165) is 0 Å². The Morgan fingerprint density at radius 2 is 1.95 bits per heavy atom. The van der Waals surface area contributed by atoms with E-state index in [1.54, 1.807) is 37.1 Å². The molecule has 1 saturated carbocycles. The minimum absolute atomic E-state index is 0.0162. The highest BCUT2D eigenvalue weighted by Gasteiger charge is 2.55. The van der Waals surface area contributed by atoms with E-state index in [0.29, 0.717) is 45.5 Å². The molecule has 2 aromatic carbocycles. The van der Waals surface area contributed by atoms with Crippen LogP contribution < -0.4 is 4.74 Å². The maximum atomic E-state index is 15.4. The van der Waals surface area contributed by atoms with Crippen molar-refractivity contribution in [2.45, 2.75) is 55.9 Å². The molecule has 1 amide bonds. The molecule has 0 saturated heterocycles. The molecule has 0 spiro atoms. The van der Waals surface area contributed by atoms with Crippen molar-refractivity contribution in [1.82, 2.24) is 19.4 Å².